The molecule has 0 aliphatic carbocycles. The van der Waals surface area contributed by atoms with Crippen LogP contribution in [0.3, 0.4) is 0 Å². The predicted molar refractivity (Wildman–Crippen MR) is 242 cm³/mol. The van der Waals surface area contributed by atoms with Crippen molar-refractivity contribution >= 4 is 70.5 Å². The average molecular weight is 961 g/mol. The van der Waals surface area contributed by atoms with E-state index in [0.717, 1.165) is 12.3 Å². The van der Waals surface area contributed by atoms with E-state index in [0.29, 0.717) is 0 Å². The molecule has 8 rings (SSSR count). The van der Waals surface area contributed by atoms with E-state index in [9.17, 15) is 0 Å². The Morgan fingerprint density at radius 1 is 0.291 bits per heavy atom. The Morgan fingerprint density at radius 3 is 0.745 bits per heavy atom. The summed E-state index contributed by atoms with van der Waals surface area (Å²) < 4.78 is 0. The molecule has 0 amide bonds. The van der Waals surface area contributed by atoms with Crippen molar-refractivity contribution in [1.29, 1.82) is 0 Å². The molecule has 0 N–H and O–H groups in total. The second-order valence-electron chi connectivity index (χ2n) is 12.6. The third-order valence-electron chi connectivity index (χ3n) is 8.89. The first-order chi connectivity index (χ1) is 27.3. The maximum atomic E-state index is 4.67. The van der Waals surface area contributed by atoms with Crippen LogP contribution in [0.15, 0.2) is 231 Å². The fourth-order valence-electron chi connectivity index (χ4n) is 6.37. The van der Waals surface area contributed by atoms with E-state index in [4.69, 9.17) is 0 Å². The zero-order chi connectivity index (χ0) is 37.9. The smallest absolute Gasteiger partial charge is 0.0134 e. The molecule has 0 atom stereocenters. The Morgan fingerprint density at radius 2 is 0.509 bits per heavy atom. The quantitative estimate of drug-likeness (QED) is 0.0895. The SMILES string of the molecule is [Cl][Os].[c-]1c(CP(c2ccccc2)c2ccccc2)cccc1CP(c1ccccc1)c1ccccc1.c1ccc(P(c2ccccc2)c2ccccc2)cc1. The first-order valence-corrected chi connectivity index (χ1v) is 25.7. The van der Waals surface area contributed by atoms with Gasteiger partial charge in [0.05, 0.1) is 0 Å². The van der Waals surface area contributed by atoms with Crippen LogP contribution >= 0.6 is 33.4 Å². The molecule has 55 heavy (non-hydrogen) atoms. The van der Waals surface area contributed by atoms with Crippen LogP contribution in [0.5, 0.6) is 0 Å². The second kappa shape index (κ2) is 22.5. The van der Waals surface area contributed by atoms with E-state index in [1.54, 1.807) is 0 Å². The Hall–Kier alpha value is -4.02. The molecular weight excluding hydrogens is 919 g/mol. The number of rotatable bonds is 11. The van der Waals surface area contributed by atoms with Gasteiger partial charge in [0, 0.05) is 0 Å². The van der Waals surface area contributed by atoms with Crippen molar-refractivity contribution in [3.05, 3.63) is 248 Å². The van der Waals surface area contributed by atoms with Crippen molar-refractivity contribution in [2.45, 2.75) is 12.3 Å². The number of hydrogen-bond donors (Lipinski definition) is 0. The minimum absolute atomic E-state index is 0.446. The molecule has 0 nitrogen and oxygen atoms in total. The van der Waals surface area contributed by atoms with Crippen LogP contribution in [0.25, 0.3) is 0 Å². The van der Waals surface area contributed by atoms with Crippen molar-refractivity contribution in [3.8, 4) is 0 Å². The first-order valence-electron chi connectivity index (χ1n) is 18.2. The zero-order valence-electron chi connectivity index (χ0n) is 30.4. The van der Waals surface area contributed by atoms with Gasteiger partial charge in [0.25, 0.3) is 0 Å². The van der Waals surface area contributed by atoms with Crippen LogP contribution in [0.2, 0.25) is 0 Å². The van der Waals surface area contributed by atoms with Gasteiger partial charge in [-0.2, -0.15) is 35.4 Å². The van der Waals surface area contributed by atoms with E-state index in [1.165, 1.54) is 65.9 Å². The molecule has 0 heterocycles. The summed E-state index contributed by atoms with van der Waals surface area (Å²) in [5.41, 5.74) is 2.60. The fraction of sp³-hybridized carbons (Fsp3) is 0.0400. The molecule has 0 unspecified atom stereocenters. The van der Waals surface area contributed by atoms with E-state index in [2.05, 4.69) is 246 Å². The summed E-state index contributed by atoms with van der Waals surface area (Å²) >= 11 is 1.33. The Balaban J connectivity index is 0.000000207. The molecule has 0 fully saturated rings. The van der Waals surface area contributed by atoms with Crippen LogP contribution in [0, 0.1) is 6.07 Å². The van der Waals surface area contributed by atoms with Crippen LogP contribution in [-0.4, -0.2) is 0 Å². The third kappa shape index (κ3) is 12.0. The maximum Gasteiger partial charge on any atom is -0.0134 e. The predicted octanol–water partition coefficient (Wildman–Crippen LogP) is 10.9. The van der Waals surface area contributed by atoms with Gasteiger partial charge in [-0.3, -0.25) is 0 Å². The number of hydrogen-bond acceptors (Lipinski definition) is 0. The molecule has 0 aliphatic rings. The number of benzene rings is 8. The maximum absolute atomic E-state index is 4.67. The summed E-state index contributed by atoms with van der Waals surface area (Å²) in [5, 5.41) is 9.85. The Kier molecular flexibility index (Phi) is 16.6. The molecule has 0 saturated heterocycles. The van der Waals surface area contributed by atoms with Crippen LogP contribution in [0.4, 0.5) is 0 Å². The Bertz CT molecular complexity index is 1950. The van der Waals surface area contributed by atoms with Crippen molar-refractivity contribution in [1.82, 2.24) is 0 Å². The van der Waals surface area contributed by atoms with Gasteiger partial charge in [-0.05, 0) is 73.2 Å². The van der Waals surface area contributed by atoms with Gasteiger partial charge in [0.2, 0.25) is 0 Å². The van der Waals surface area contributed by atoms with E-state index in [1.807, 2.05) is 0 Å². The summed E-state index contributed by atoms with van der Waals surface area (Å²) in [5.74, 6) is 0. The van der Waals surface area contributed by atoms with Crippen LogP contribution in [-0.2, 0) is 29.9 Å². The molecule has 0 saturated carbocycles. The summed E-state index contributed by atoms with van der Waals surface area (Å²) in [4.78, 5) is 0. The fourth-order valence-corrected chi connectivity index (χ4v) is 13.2. The topological polar surface area (TPSA) is 0 Å². The molecule has 273 valence electrons. The standard InChI is InChI=1S/C32H27P2.C18H15P.ClH.Os/c1-5-16-29(17-6-1)33(30-18-7-2-8-19-30)25-27-14-13-15-28(24-27)26-34(31-20-9-3-10-21-31)32-22-11-4-12-23-32;1-4-10-16(11-5-1)19(17-12-6-2-7-13-17)18-14-8-3-9-15-18;;/h1-23H,25-26H2;1-15H;1H;/q-1;;;+1/p-1. The van der Waals surface area contributed by atoms with Crippen molar-refractivity contribution < 1.29 is 17.6 Å². The average Bonchev–Trinajstić information content (AvgIpc) is 3.28. The van der Waals surface area contributed by atoms with Crippen molar-refractivity contribution in [3.63, 3.8) is 0 Å². The van der Waals surface area contributed by atoms with E-state index < -0.39 is 23.8 Å². The molecule has 0 aromatic heterocycles. The van der Waals surface area contributed by atoms with Gasteiger partial charge in [0.15, 0.2) is 0 Å². The van der Waals surface area contributed by atoms with E-state index >= 15 is 0 Å². The molecule has 0 radical (unpaired) electrons. The van der Waals surface area contributed by atoms with Crippen LogP contribution in [0.1, 0.15) is 11.1 Å². The third-order valence-corrected chi connectivity index (χ3v) is 16.3. The van der Waals surface area contributed by atoms with Gasteiger partial charge in [-0.15, -0.1) is 0 Å². The van der Waals surface area contributed by atoms with Gasteiger partial charge >= 0.3 is 27.2 Å². The molecule has 0 bridgehead atoms. The number of halogens is 1. The molecule has 5 heteroatoms. The molecule has 8 aromatic rings. The van der Waals surface area contributed by atoms with Gasteiger partial charge in [0.1, 0.15) is 0 Å². The first kappa shape index (κ1) is 40.6. The van der Waals surface area contributed by atoms with Crippen molar-refractivity contribution in [2.75, 3.05) is 0 Å². The normalized spacial score (nSPS) is 10.6. The zero-order valence-corrected chi connectivity index (χ0v) is 36.4. The summed E-state index contributed by atoms with van der Waals surface area (Å²) in [7, 11) is 3.27. The Labute approximate surface area is 345 Å². The summed E-state index contributed by atoms with van der Waals surface area (Å²) in [6.07, 6.45) is 2.01. The van der Waals surface area contributed by atoms with Gasteiger partial charge in [-0.25, -0.2) is 0 Å². The monoisotopic (exact) mass is 962 g/mol. The largest absolute Gasteiger partial charge is 0.176 e. The van der Waals surface area contributed by atoms with E-state index in [-0.39, 0.29) is 0 Å². The van der Waals surface area contributed by atoms with Crippen molar-refractivity contribution in [2.24, 2.45) is 0 Å². The molecule has 0 aliphatic heterocycles. The second-order valence-corrected chi connectivity index (χ2v) is 19.2. The summed E-state index contributed by atoms with van der Waals surface area (Å²) in [6, 6.07) is 86.7. The van der Waals surface area contributed by atoms with Crippen LogP contribution < -0.4 is 37.1 Å². The van der Waals surface area contributed by atoms with Gasteiger partial charge in [-0.1, -0.05) is 212 Å². The van der Waals surface area contributed by atoms with Gasteiger partial charge < -0.3 is 0 Å². The molecular formula is C50H42ClOsP3-. The minimum atomic E-state index is -0.473. The molecule has 0 spiro atoms. The minimum Gasteiger partial charge on any atom is -0.176 e. The molecule has 8 aromatic carbocycles. The summed E-state index contributed by atoms with van der Waals surface area (Å²) in [6.45, 7) is 0.